The van der Waals surface area contributed by atoms with Gasteiger partial charge in [0.05, 0.1) is 18.5 Å². The van der Waals surface area contributed by atoms with Crippen LogP contribution in [0, 0.1) is 0 Å². The van der Waals surface area contributed by atoms with E-state index in [1.165, 1.54) is 24.8 Å². The number of anilines is 2. The second-order valence-electron chi connectivity index (χ2n) is 6.89. The fourth-order valence-electron chi connectivity index (χ4n) is 3.06. The van der Waals surface area contributed by atoms with E-state index < -0.39 is 0 Å². The fraction of sp³-hybridized carbons (Fsp3) is 0.217. The first kappa shape index (κ1) is 21.8. The average Bonchev–Trinajstić information content (AvgIpc) is 2.75. The minimum absolute atomic E-state index is 0.192. The summed E-state index contributed by atoms with van der Waals surface area (Å²) >= 11 is 0. The Labute approximate surface area is 179 Å². The van der Waals surface area contributed by atoms with Gasteiger partial charge in [0.15, 0.2) is 0 Å². The first-order valence-corrected chi connectivity index (χ1v) is 9.85. The first-order valence-electron chi connectivity index (χ1n) is 9.85. The van der Waals surface area contributed by atoms with Crippen molar-refractivity contribution in [2.45, 2.75) is 26.3 Å². The molecule has 0 aliphatic carbocycles. The molecule has 0 fully saturated rings. The minimum Gasteiger partial charge on any atom is -0.495 e. The summed E-state index contributed by atoms with van der Waals surface area (Å²) in [4.78, 5) is 35.8. The molecular formula is C23H24N4O4. The third-order valence-electron chi connectivity index (χ3n) is 4.50. The standard InChI is InChI=1S/C23H24N4O4/c1-16(28)24-18-10-12-21(31-2)20(15-18)25-22(29)9-6-14-27-23(30)13-11-19(26-27)17-7-4-3-5-8-17/h3-5,7-8,10-13,15H,6,9,14H2,1-2H3,(H,24,28)(H,25,29). The third kappa shape index (κ3) is 6.02. The van der Waals surface area contributed by atoms with Crippen LogP contribution >= 0.6 is 0 Å². The second-order valence-corrected chi connectivity index (χ2v) is 6.89. The molecule has 1 aromatic heterocycles. The zero-order valence-electron chi connectivity index (χ0n) is 17.4. The number of hydrogen-bond donors (Lipinski definition) is 2. The third-order valence-corrected chi connectivity index (χ3v) is 4.50. The van der Waals surface area contributed by atoms with Gasteiger partial charge in [0.25, 0.3) is 5.56 Å². The Balaban J connectivity index is 1.62. The maximum absolute atomic E-state index is 12.4. The Kier molecular flexibility index (Phi) is 7.16. The van der Waals surface area contributed by atoms with Crippen LogP contribution in [0.15, 0.2) is 65.5 Å². The normalized spacial score (nSPS) is 10.4. The lowest BCUT2D eigenvalue weighted by Gasteiger charge is -2.12. The van der Waals surface area contributed by atoms with Gasteiger partial charge in [-0.15, -0.1) is 0 Å². The van der Waals surface area contributed by atoms with Gasteiger partial charge in [-0.2, -0.15) is 5.10 Å². The van der Waals surface area contributed by atoms with Crippen LogP contribution in [-0.4, -0.2) is 28.7 Å². The molecule has 1 heterocycles. The molecule has 2 aromatic carbocycles. The van der Waals surface area contributed by atoms with E-state index >= 15 is 0 Å². The SMILES string of the molecule is COc1ccc(NC(C)=O)cc1NC(=O)CCCn1nc(-c2ccccc2)ccc1=O. The zero-order chi connectivity index (χ0) is 22.2. The van der Waals surface area contributed by atoms with Gasteiger partial charge in [-0.1, -0.05) is 30.3 Å². The predicted molar refractivity (Wildman–Crippen MR) is 119 cm³/mol. The van der Waals surface area contributed by atoms with Crippen LogP contribution in [0.25, 0.3) is 11.3 Å². The van der Waals surface area contributed by atoms with Gasteiger partial charge < -0.3 is 15.4 Å². The quantitative estimate of drug-likeness (QED) is 0.582. The van der Waals surface area contributed by atoms with Crippen molar-refractivity contribution in [2.75, 3.05) is 17.7 Å². The Morgan fingerprint density at radius 3 is 2.52 bits per heavy atom. The molecule has 0 saturated heterocycles. The Bertz CT molecular complexity index is 1130. The molecular weight excluding hydrogens is 396 g/mol. The van der Waals surface area contributed by atoms with Crippen LogP contribution in [0.5, 0.6) is 5.75 Å². The summed E-state index contributed by atoms with van der Waals surface area (Å²) in [6.45, 7) is 1.72. The number of carbonyl (C=O) groups is 2. The van der Waals surface area contributed by atoms with E-state index in [1.807, 2.05) is 30.3 Å². The van der Waals surface area contributed by atoms with Crippen LogP contribution in [0.3, 0.4) is 0 Å². The van der Waals surface area contributed by atoms with E-state index in [4.69, 9.17) is 4.74 Å². The molecule has 2 N–H and O–H groups in total. The van der Waals surface area contributed by atoms with Gasteiger partial charge >= 0.3 is 0 Å². The first-order chi connectivity index (χ1) is 15.0. The van der Waals surface area contributed by atoms with Crippen molar-refractivity contribution in [3.8, 4) is 17.0 Å². The monoisotopic (exact) mass is 420 g/mol. The summed E-state index contributed by atoms with van der Waals surface area (Å²) < 4.78 is 6.64. The van der Waals surface area contributed by atoms with Crippen LogP contribution in [0.2, 0.25) is 0 Å². The second kappa shape index (κ2) is 10.2. The van der Waals surface area contributed by atoms with E-state index in [-0.39, 0.29) is 23.8 Å². The van der Waals surface area contributed by atoms with Crippen LogP contribution < -0.4 is 20.9 Å². The van der Waals surface area contributed by atoms with Gasteiger partial charge in [-0.3, -0.25) is 14.4 Å². The van der Waals surface area contributed by atoms with Gasteiger partial charge in [-0.25, -0.2) is 4.68 Å². The number of rotatable bonds is 8. The minimum atomic E-state index is -0.231. The summed E-state index contributed by atoms with van der Waals surface area (Å²) in [5, 5.41) is 9.86. The van der Waals surface area contributed by atoms with Crippen molar-refractivity contribution in [1.29, 1.82) is 0 Å². The summed E-state index contributed by atoms with van der Waals surface area (Å²) in [6.07, 6.45) is 0.627. The number of hydrogen-bond acceptors (Lipinski definition) is 5. The number of amides is 2. The number of methoxy groups -OCH3 is 1. The van der Waals surface area contributed by atoms with Crippen LogP contribution in [-0.2, 0) is 16.1 Å². The van der Waals surface area contributed by atoms with Crippen molar-refractivity contribution in [3.05, 3.63) is 71.0 Å². The van der Waals surface area contributed by atoms with Crippen molar-refractivity contribution >= 4 is 23.2 Å². The lowest BCUT2D eigenvalue weighted by atomic mass is 10.1. The number of aryl methyl sites for hydroxylation is 1. The van der Waals surface area contributed by atoms with Crippen molar-refractivity contribution in [1.82, 2.24) is 9.78 Å². The van der Waals surface area contributed by atoms with Crippen LogP contribution in [0.4, 0.5) is 11.4 Å². The summed E-state index contributed by atoms with van der Waals surface area (Å²) in [7, 11) is 1.50. The molecule has 0 spiro atoms. The lowest BCUT2D eigenvalue weighted by Crippen LogP contribution is -2.23. The molecule has 8 nitrogen and oxygen atoms in total. The van der Waals surface area contributed by atoms with Gasteiger partial charge in [-0.05, 0) is 30.7 Å². The highest BCUT2D eigenvalue weighted by molar-refractivity contribution is 5.94. The van der Waals surface area contributed by atoms with Crippen molar-refractivity contribution < 1.29 is 14.3 Å². The number of carbonyl (C=O) groups excluding carboxylic acids is 2. The summed E-state index contributed by atoms with van der Waals surface area (Å²) in [6, 6.07) is 17.7. The summed E-state index contributed by atoms with van der Waals surface area (Å²) in [5.74, 6) is 0.0413. The lowest BCUT2D eigenvalue weighted by molar-refractivity contribution is -0.116. The van der Waals surface area contributed by atoms with E-state index in [1.54, 1.807) is 24.3 Å². The highest BCUT2D eigenvalue weighted by Gasteiger charge is 2.10. The van der Waals surface area contributed by atoms with Gasteiger partial charge in [0, 0.05) is 37.2 Å². The topological polar surface area (TPSA) is 102 Å². The molecule has 0 aliphatic rings. The maximum Gasteiger partial charge on any atom is 0.266 e. The summed E-state index contributed by atoms with van der Waals surface area (Å²) in [5.41, 5.74) is 2.41. The molecule has 0 unspecified atom stereocenters. The number of ether oxygens (including phenoxy) is 1. The molecule has 3 rings (SSSR count). The van der Waals surface area contributed by atoms with E-state index in [0.29, 0.717) is 35.8 Å². The maximum atomic E-state index is 12.4. The van der Waals surface area contributed by atoms with Crippen molar-refractivity contribution in [3.63, 3.8) is 0 Å². The molecule has 3 aromatic rings. The Morgan fingerprint density at radius 1 is 1.03 bits per heavy atom. The van der Waals surface area contributed by atoms with E-state index in [9.17, 15) is 14.4 Å². The van der Waals surface area contributed by atoms with E-state index in [0.717, 1.165) is 5.56 Å². The molecule has 0 atom stereocenters. The highest BCUT2D eigenvalue weighted by Crippen LogP contribution is 2.28. The molecule has 8 heteroatoms. The number of nitrogens with one attached hydrogen (secondary N) is 2. The highest BCUT2D eigenvalue weighted by atomic mass is 16.5. The zero-order valence-corrected chi connectivity index (χ0v) is 17.4. The molecule has 2 amide bonds. The number of nitrogens with zero attached hydrogens (tertiary/aromatic N) is 2. The molecule has 0 radical (unpaired) electrons. The van der Waals surface area contributed by atoms with Gasteiger partial charge in [0.1, 0.15) is 5.75 Å². The number of benzene rings is 2. The molecule has 160 valence electrons. The Hall–Kier alpha value is -3.94. The largest absolute Gasteiger partial charge is 0.495 e. The van der Waals surface area contributed by atoms with Crippen molar-refractivity contribution in [2.24, 2.45) is 0 Å². The van der Waals surface area contributed by atoms with Crippen LogP contribution in [0.1, 0.15) is 19.8 Å². The predicted octanol–water partition coefficient (Wildman–Crippen LogP) is 3.30. The molecule has 0 aliphatic heterocycles. The molecule has 31 heavy (non-hydrogen) atoms. The molecule has 0 saturated carbocycles. The molecule has 0 bridgehead atoms. The van der Waals surface area contributed by atoms with Gasteiger partial charge in [0.2, 0.25) is 11.8 Å². The average molecular weight is 420 g/mol. The smallest absolute Gasteiger partial charge is 0.266 e. The fourth-order valence-corrected chi connectivity index (χ4v) is 3.06. The van der Waals surface area contributed by atoms with E-state index in [2.05, 4.69) is 15.7 Å². The number of aromatic nitrogens is 2. The Morgan fingerprint density at radius 2 is 1.81 bits per heavy atom.